The number of anilines is 1. The van der Waals surface area contributed by atoms with E-state index in [2.05, 4.69) is 15.5 Å². The van der Waals surface area contributed by atoms with Crippen LogP contribution in [0.15, 0.2) is 59.1 Å². The van der Waals surface area contributed by atoms with E-state index >= 15 is 0 Å². The van der Waals surface area contributed by atoms with Gasteiger partial charge in [-0.3, -0.25) is 10.1 Å². The summed E-state index contributed by atoms with van der Waals surface area (Å²) >= 11 is 0. The number of rotatable bonds is 3. The molecule has 1 heterocycles. The van der Waals surface area contributed by atoms with Crippen LogP contribution in [0.25, 0.3) is 11.5 Å². The van der Waals surface area contributed by atoms with Crippen LogP contribution in [0.3, 0.4) is 0 Å². The van der Waals surface area contributed by atoms with Gasteiger partial charge < -0.3 is 4.52 Å². The monoisotopic (exact) mass is 279 g/mol. The fourth-order valence-electron chi connectivity index (χ4n) is 1.97. The third-order valence-corrected chi connectivity index (χ3v) is 3.06. The summed E-state index contributed by atoms with van der Waals surface area (Å²) in [7, 11) is 0. The first-order chi connectivity index (χ1) is 10.2. The molecule has 21 heavy (non-hydrogen) atoms. The Bertz CT molecular complexity index is 766. The summed E-state index contributed by atoms with van der Waals surface area (Å²) in [6.07, 6.45) is 0. The Morgan fingerprint density at radius 2 is 1.76 bits per heavy atom. The van der Waals surface area contributed by atoms with Crippen molar-refractivity contribution in [2.75, 3.05) is 5.32 Å². The first-order valence-corrected chi connectivity index (χ1v) is 6.50. The van der Waals surface area contributed by atoms with Gasteiger partial charge in [-0.2, -0.15) is 4.98 Å². The fourth-order valence-corrected chi connectivity index (χ4v) is 1.97. The van der Waals surface area contributed by atoms with E-state index in [0.717, 1.165) is 11.1 Å². The van der Waals surface area contributed by atoms with Crippen molar-refractivity contribution in [3.05, 3.63) is 65.7 Å². The van der Waals surface area contributed by atoms with Crippen LogP contribution >= 0.6 is 0 Å². The van der Waals surface area contributed by atoms with Crippen molar-refractivity contribution in [3.8, 4) is 11.5 Å². The maximum absolute atomic E-state index is 12.1. The van der Waals surface area contributed by atoms with Crippen molar-refractivity contribution in [2.24, 2.45) is 0 Å². The van der Waals surface area contributed by atoms with Crippen LogP contribution in [0.5, 0.6) is 0 Å². The molecule has 1 aromatic heterocycles. The van der Waals surface area contributed by atoms with Gasteiger partial charge in [0.15, 0.2) is 0 Å². The fraction of sp³-hybridized carbons (Fsp3) is 0.0625. The van der Waals surface area contributed by atoms with Crippen LogP contribution in [0.2, 0.25) is 0 Å². The number of aryl methyl sites for hydroxylation is 1. The molecule has 0 spiro atoms. The number of nitrogens with zero attached hydrogens (tertiary/aromatic N) is 2. The lowest BCUT2D eigenvalue weighted by Crippen LogP contribution is -2.14. The third kappa shape index (κ3) is 2.81. The predicted molar refractivity (Wildman–Crippen MR) is 78.9 cm³/mol. The summed E-state index contributed by atoms with van der Waals surface area (Å²) in [6.45, 7) is 1.88. The lowest BCUT2D eigenvalue weighted by atomic mass is 10.1. The Labute approximate surface area is 121 Å². The maximum atomic E-state index is 12.1. The van der Waals surface area contributed by atoms with Crippen molar-refractivity contribution in [3.63, 3.8) is 0 Å². The molecule has 0 unspecified atom stereocenters. The van der Waals surface area contributed by atoms with E-state index in [4.69, 9.17) is 4.52 Å². The molecular weight excluding hydrogens is 266 g/mol. The van der Waals surface area contributed by atoms with Gasteiger partial charge in [0.05, 0.1) is 0 Å². The van der Waals surface area contributed by atoms with Gasteiger partial charge in [0, 0.05) is 11.1 Å². The smallest absolute Gasteiger partial charge is 0.270 e. The van der Waals surface area contributed by atoms with Gasteiger partial charge in [-0.25, -0.2) is 0 Å². The van der Waals surface area contributed by atoms with Gasteiger partial charge in [-0.1, -0.05) is 36.4 Å². The largest absolute Gasteiger partial charge is 0.332 e. The van der Waals surface area contributed by atoms with Crippen LogP contribution < -0.4 is 5.32 Å². The van der Waals surface area contributed by atoms with E-state index in [1.165, 1.54) is 0 Å². The molecule has 3 rings (SSSR count). The van der Waals surface area contributed by atoms with E-state index in [1.54, 1.807) is 6.07 Å². The molecule has 0 fully saturated rings. The van der Waals surface area contributed by atoms with Crippen molar-refractivity contribution < 1.29 is 9.32 Å². The molecule has 0 saturated carbocycles. The lowest BCUT2D eigenvalue weighted by Gasteiger charge is -2.03. The average Bonchev–Trinajstić information content (AvgIpc) is 2.97. The zero-order valence-electron chi connectivity index (χ0n) is 11.4. The Hall–Kier alpha value is -2.95. The first kappa shape index (κ1) is 13.1. The molecule has 2 aromatic carbocycles. The molecule has 5 heteroatoms. The van der Waals surface area contributed by atoms with Gasteiger partial charge in [-0.15, -0.1) is 0 Å². The van der Waals surface area contributed by atoms with E-state index in [-0.39, 0.29) is 11.9 Å². The first-order valence-electron chi connectivity index (χ1n) is 6.50. The highest BCUT2D eigenvalue weighted by atomic mass is 16.5. The summed E-state index contributed by atoms with van der Waals surface area (Å²) in [5.41, 5.74) is 2.28. The molecule has 0 aliphatic carbocycles. The van der Waals surface area contributed by atoms with Gasteiger partial charge in [-0.05, 0) is 35.8 Å². The summed E-state index contributed by atoms with van der Waals surface area (Å²) < 4.78 is 5.14. The van der Waals surface area contributed by atoms with Crippen LogP contribution in [-0.4, -0.2) is 16.0 Å². The van der Waals surface area contributed by atoms with Gasteiger partial charge in [0.2, 0.25) is 0 Å². The highest BCUT2D eigenvalue weighted by Crippen LogP contribution is 2.18. The van der Waals surface area contributed by atoms with Crippen molar-refractivity contribution in [2.45, 2.75) is 6.92 Å². The molecule has 1 amide bonds. The second-order valence-corrected chi connectivity index (χ2v) is 4.56. The third-order valence-electron chi connectivity index (χ3n) is 3.06. The second-order valence-electron chi connectivity index (χ2n) is 4.56. The number of hydrogen-bond donors (Lipinski definition) is 1. The number of carbonyl (C=O) groups excluding carboxylic acids is 1. The zero-order chi connectivity index (χ0) is 14.7. The molecule has 0 bridgehead atoms. The van der Waals surface area contributed by atoms with Gasteiger partial charge in [0.25, 0.3) is 17.7 Å². The quantitative estimate of drug-likeness (QED) is 0.798. The van der Waals surface area contributed by atoms with Gasteiger partial charge >= 0.3 is 0 Å². The summed E-state index contributed by atoms with van der Waals surface area (Å²) in [6, 6.07) is 16.7. The van der Waals surface area contributed by atoms with E-state index in [1.807, 2.05) is 55.5 Å². The molecule has 0 radical (unpaired) electrons. The Kier molecular flexibility index (Phi) is 3.47. The lowest BCUT2D eigenvalue weighted by molar-refractivity contribution is 0.102. The minimum absolute atomic E-state index is 0.155. The van der Waals surface area contributed by atoms with Crippen molar-refractivity contribution in [1.82, 2.24) is 10.1 Å². The van der Waals surface area contributed by atoms with E-state index in [0.29, 0.717) is 11.5 Å². The molecule has 0 aliphatic heterocycles. The SMILES string of the molecule is Cc1ccccc1C(=O)Nc1noc(-c2ccccc2)n1. The van der Waals surface area contributed by atoms with Crippen LogP contribution in [0, 0.1) is 6.92 Å². The Morgan fingerprint density at radius 3 is 2.52 bits per heavy atom. The number of aromatic nitrogens is 2. The standard InChI is InChI=1S/C16H13N3O2/c1-11-7-5-6-10-13(11)14(20)17-16-18-15(21-19-16)12-8-3-2-4-9-12/h2-10H,1H3,(H,17,19,20). The summed E-state index contributed by atoms with van der Waals surface area (Å²) in [5.74, 6) is 0.270. The predicted octanol–water partition coefficient (Wildman–Crippen LogP) is 3.30. The normalized spacial score (nSPS) is 10.3. The molecule has 1 N–H and O–H groups in total. The summed E-state index contributed by atoms with van der Waals surface area (Å²) in [4.78, 5) is 16.3. The number of benzene rings is 2. The second kappa shape index (κ2) is 5.58. The van der Waals surface area contributed by atoms with Crippen LogP contribution in [-0.2, 0) is 0 Å². The van der Waals surface area contributed by atoms with Crippen molar-refractivity contribution in [1.29, 1.82) is 0 Å². The van der Waals surface area contributed by atoms with Crippen molar-refractivity contribution >= 4 is 11.9 Å². The molecule has 5 nitrogen and oxygen atoms in total. The zero-order valence-corrected chi connectivity index (χ0v) is 11.4. The number of nitrogens with one attached hydrogen (secondary N) is 1. The van der Waals surface area contributed by atoms with Crippen LogP contribution in [0.1, 0.15) is 15.9 Å². The molecule has 0 atom stereocenters. The van der Waals surface area contributed by atoms with E-state index < -0.39 is 0 Å². The molecule has 3 aromatic rings. The highest BCUT2D eigenvalue weighted by Gasteiger charge is 2.13. The topological polar surface area (TPSA) is 68.0 Å². The van der Waals surface area contributed by atoms with E-state index in [9.17, 15) is 4.79 Å². The Balaban J connectivity index is 1.79. The average molecular weight is 279 g/mol. The molecule has 104 valence electrons. The van der Waals surface area contributed by atoms with Crippen LogP contribution in [0.4, 0.5) is 5.95 Å². The number of carbonyl (C=O) groups is 1. The molecule has 0 saturated heterocycles. The Morgan fingerprint density at radius 1 is 1.05 bits per heavy atom. The summed E-state index contributed by atoms with van der Waals surface area (Å²) in [5, 5.41) is 6.40. The minimum Gasteiger partial charge on any atom is -0.332 e. The number of amides is 1. The number of hydrogen-bond acceptors (Lipinski definition) is 4. The van der Waals surface area contributed by atoms with Gasteiger partial charge in [0.1, 0.15) is 0 Å². The minimum atomic E-state index is -0.256. The molecular formula is C16H13N3O2. The molecule has 0 aliphatic rings. The maximum Gasteiger partial charge on any atom is 0.270 e. The highest BCUT2D eigenvalue weighted by molar-refractivity contribution is 6.04.